The molecule has 27 heavy (non-hydrogen) atoms. The molecule has 6 nitrogen and oxygen atoms in total. The van der Waals surface area contributed by atoms with E-state index in [1.54, 1.807) is 23.7 Å². The van der Waals surface area contributed by atoms with E-state index in [4.69, 9.17) is 16.0 Å². The molecule has 0 atom stereocenters. The summed E-state index contributed by atoms with van der Waals surface area (Å²) in [5.41, 5.74) is -1.00. The number of halogens is 4. The lowest BCUT2D eigenvalue weighted by Gasteiger charge is -2.11. The zero-order valence-corrected chi connectivity index (χ0v) is 15.3. The molecule has 0 bridgehead atoms. The molecule has 11 heteroatoms. The number of carbonyl (C=O) groups excluding carboxylic acids is 1. The Morgan fingerprint density at radius 3 is 2.78 bits per heavy atom. The van der Waals surface area contributed by atoms with Gasteiger partial charge in [-0.15, -0.1) is 10.2 Å². The van der Waals surface area contributed by atoms with Crippen LogP contribution in [0.15, 0.2) is 46.2 Å². The third kappa shape index (κ3) is 4.45. The fraction of sp³-hybridized carbons (Fsp3) is 0.188. The van der Waals surface area contributed by atoms with Gasteiger partial charge in [0.25, 0.3) is 0 Å². The predicted octanol–water partition coefficient (Wildman–Crippen LogP) is 4.48. The normalized spacial score (nSPS) is 11.6. The maximum Gasteiger partial charge on any atom is 0.417 e. The van der Waals surface area contributed by atoms with Crippen molar-refractivity contribution >= 4 is 35.0 Å². The largest absolute Gasteiger partial charge is 0.461 e. The lowest BCUT2D eigenvalue weighted by atomic mass is 10.2. The summed E-state index contributed by atoms with van der Waals surface area (Å²) in [6, 6.07) is 6.63. The molecule has 0 aliphatic heterocycles. The fourth-order valence-corrected chi connectivity index (χ4v) is 3.14. The molecular formula is C16H12ClF3N4O2S. The summed E-state index contributed by atoms with van der Waals surface area (Å²) in [6.45, 7) is 0. The van der Waals surface area contributed by atoms with Crippen LogP contribution in [0.2, 0.25) is 5.02 Å². The highest BCUT2D eigenvalue weighted by Crippen LogP contribution is 2.36. The van der Waals surface area contributed by atoms with Crippen LogP contribution in [0.25, 0.3) is 11.6 Å². The van der Waals surface area contributed by atoms with E-state index < -0.39 is 22.7 Å². The molecule has 1 aromatic carbocycles. The first-order chi connectivity index (χ1) is 12.8. The first kappa shape index (κ1) is 19.3. The number of hydrogen-bond donors (Lipinski definition) is 1. The summed E-state index contributed by atoms with van der Waals surface area (Å²) in [5.74, 6) is 0.476. The number of aromatic nitrogens is 3. The lowest BCUT2D eigenvalue weighted by Crippen LogP contribution is -2.15. The summed E-state index contributed by atoms with van der Waals surface area (Å²) in [6.07, 6.45) is -3.10. The summed E-state index contributed by atoms with van der Waals surface area (Å²) in [7, 11) is 1.72. The van der Waals surface area contributed by atoms with Crippen LogP contribution in [0, 0.1) is 0 Å². The fourth-order valence-electron chi connectivity index (χ4n) is 2.21. The maximum absolute atomic E-state index is 12.9. The van der Waals surface area contributed by atoms with Gasteiger partial charge in [-0.3, -0.25) is 4.79 Å². The molecule has 0 spiro atoms. The number of alkyl halides is 3. The van der Waals surface area contributed by atoms with Crippen molar-refractivity contribution in [3.8, 4) is 11.6 Å². The number of rotatable bonds is 5. The van der Waals surface area contributed by atoms with Crippen molar-refractivity contribution in [3.63, 3.8) is 0 Å². The number of hydrogen-bond acceptors (Lipinski definition) is 5. The van der Waals surface area contributed by atoms with E-state index in [-0.39, 0.29) is 11.4 Å². The number of nitrogens with zero attached hydrogens (tertiary/aromatic N) is 3. The maximum atomic E-state index is 12.9. The van der Waals surface area contributed by atoms with E-state index >= 15 is 0 Å². The van der Waals surface area contributed by atoms with Crippen LogP contribution in [0.1, 0.15) is 5.56 Å². The summed E-state index contributed by atoms with van der Waals surface area (Å²) < 4.78 is 45.5. The smallest absolute Gasteiger partial charge is 0.417 e. The van der Waals surface area contributed by atoms with Gasteiger partial charge in [-0.2, -0.15) is 13.2 Å². The molecule has 1 N–H and O–H groups in total. The Morgan fingerprint density at radius 2 is 2.11 bits per heavy atom. The Bertz CT molecular complexity index is 957. The minimum absolute atomic E-state index is 0.00608. The monoisotopic (exact) mass is 416 g/mol. The molecule has 0 fully saturated rings. The van der Waals surface area contributed by atoms with Gasteiger partial charge in [0.1, 0.15) is 0 Å². The average molecular weight is 417 g/mol. The first-order valence-electron chi connectivity index (χ1n) is 7.48. The standard InChI is InChI=1S/C16H12ClF3N4O2S/c1-24-14(12-3-2-6-26-12)22-23-15(24)27-8-13(25)21-9-4-5-11(17)10(7-9)16(18,19)20/h2-7H,8H2,1H3,(H,21,25). The highest BCUT2D eigenvalue weighted by Gasteiger charge is 2.33. The zero-order chi connectivity index (χ0) is 19.6. The first-order valence-corrected chi connectivity index (χ1v) is 8.84. The Kier molecular flexibility index (Phi) is 5.47. The van der Waals surface area contributed by atoms with Crippen LogP contribution in [0.5, 0.6) is 0 Å². The molecule has 0 unspecified atom stereocenters. The summed E-state index contributed by atoms with van der Waals surface area (Å²) in [5, 5.41) is 10.4. The molecule has 0 aliphatic rings. The Hall–Kier alpha value is -2.46. The zero-order valence-electron chi connectivity index (χ0n) is 13.7. The van der Waals surface area contributed by atoms with Crippen LogP contribution in [0.4, 0.5) is 18.9 Å². The van der Waals surface area contributed by atoms with Crippen molar-refractivity contribution in [1.29, 1.82) is 0 Å². The quantitative estimate of drug-likeness (QED) is 0.621. The predicted molar refractivity (Wildman–Crippen MR) is 94.5 cm³/mol. The SMILES string of the molecule is Cn1c(SCC(=O)Nc2ccc(Cl)c(C(F)(F)F)c2)nnc1-c1ccco1. The van der Waals surface area contributed by atoms with Gasteiger partial charge >= 0.3 is 6.18 Å². The van der Waals surface area contributed by atoms with Crippen molar-refractivity contribution < 1.29 is 22.4 Å². The molecule has 3 rings (SSSR count). The lowest BCUT2D eigenvalue weighted by molar-refractivity contribution is -0.137. The number of amides is 1. The number of thioether (sulfide) groups is 1. The molecule has 0 saturated heterocycles. The molecule has 0 saturated carbocycles. The second-order valence-corrected chi connectivity index (χ2v) is 6.72. The van der Waals surface area contributed by atoms with Gasteiger partial charge in [0.05, 0.1) is 22.6 Å². The number of nitrogens with one attached hydrogen (secondary N) is 1. The number of benzene rings is 1. The van der Waals surface area contributed by atoms with E-state index in [1.807, 2.05) is 0 Å². The van der Waals surface area contributed by atoms with Gasteiger partial charge in [-0.25, -0.2) is 0 Å². The minimum Gasteiger partial charge on any atom is -0.461 e. The van der Waals surface area contributed by atoms with Crippen LogP contribution in [-0.2, 0) is 18.0 Å². The van der Waals surface area contributed by atoms with Crippen LogP contribution >= 0.6 is 23.4 Å². The van der Waals surface area contributed by atoms with Crippen molar-refractivity contribution in [1.82, 2.24) is 14.8 Å². The molecule has 142 valence electrons. The van der Waals surface area contributed by atoms with Gasteiger partial charge < -0.3 is 14.3 Å². The van der Waals surface area contributed by atoms with Gasteiger partial charge in [-0.1, -0.05) is 23.4 Å². The third-order valence-electron chi connectivity index (χ3n) is 3.46. The van der Waals surface area contributed by atoms with Crippen LogP contribution < -0.4 is 5.32 Å². The van der Waals surface area contributed by atoms with Crippen LogP contribution in [0.3, 0.4) is 0 Å². The van der Waals surface area contributed by atoms with Crippen molar-refractivity contribution in [2.45, 2.75) is 11.3 Å². The molecule has 2 heterocycles. The summed E-state index contributed by atoms with van der Waals surface area (Å²) >= 11 is 6.65. The molecule has 1 amide bonds. The van der Waals surface area contributed by atoms with E-state index in [0.29, 0.717) is 16.7 Å². The van der Waals surface area contributed by atoms with E-state index in [1.165, 1.54) is 12.3 Å². The molecule has 2 aromatic heterocycles. The Labute approximate surface area is 160 Å². The van der Waals surface area contributed by atoms with Crippen molar-refractivity contribution in [2.75, 3.05) is 11.1 Å². The second-order valence-electron chi connectivity index (χ2n) is 5.37. The van der Waals surface area contributed by atoms with Gasteiger partial charge in [0.15, 0.2) is 16.7 Å². The van der Waals surface area contributed by atoms with Crippen LogP contribution in [-0.4, -0.2) is 26.4 Å². The average Bonchev–Trinajstić information content (AvgIpc) is 3.23. The molecule has 0 aliphatic carbocycles. The molecule has 3 aromatic rings. The third-order valence-corrected chi connectivity index (χ3v) is 4.81. The second kappa shape index (κ2) is 7.65. The van der Waals surface area contributed by atoms with Gasteiger partial charge in [-0.05, 0) is 30.3 Å². The van der Waals surface area contributed by atoms with Gasteiger partial charge in [0.2, 0.25) is 5.91 Å². The van der Waals surface area contributed by atoms with Crippen molar-refractivity contribution in [2.24, 2.45) is 7.05 Å². The Morgan fingerprint density at radius 1 is 1.33 bits per heavy atom. The van der Waals surface area contributed by atoms with E-state index in [2.05, 4.69) is 15.5 Å². The highest BCUT2D eigenvalue weighted by atomic mass is 35.5. The Balaban J connectivity index is 1.64. The highest BCUT2D eigenvalue weighted by molar-refractivity contribution is 7.99. The van der Waals surface area contributed by atoms with Crippen molar-refractivity contribution in [3.05, 3.63) is 47.2 Å². The number of furan rings is 1. The summed E-state index contributed by atoms with van der Waals surface area (Å²) in [4.78, 5) is 12.1. The minimum atomic E-state index is -4.60. The molecular weight excluding hydrogens is 405 g/mol. The molecule has 0 radical (unpaired) electrons. The van der Waals surface area contributed by atoms with E-state index in [0.717, 1.165) is 23.9 Å². The van der Waals surface area contributed by atoms with E-state index in [9.17, 15) is 18.0 Å². The van der Waals surface area contributed by atoms with Gasteiger partial charge in [0, 0.05) is 12.7 Å². The number of anilines is 1. The topological polar surface area (TPSA) is 73.0 Å². The number of carbonyl (C=O) groups is 1.